The molecule has 4 nitrogen and oxygen atoms in total. The summed E-state index contributed by atoms with van der Waals surface area (Å²) in [4.78, 5) is 7.04. The Morgan fingerprint density at radius 2 is 2.00 bits per heavy atom. The Kier molecular flexibility index (Phi) is 3.85. The average Bonchev–Trinajstić information content (AvgIpc) is 2.32. The number of nitrogens with two attached hydrogens (primary N) is 1. The van der Waals surface area contributed by atoms with E-state index in [1.165, 1.54) is 0 Å². The first-order valence-electron chi connectivity index (χ1n) is 6.12. The van der Waals surface area contributed by atoms with Crippen LogP contribution in [-0.2, 0) is 0 Å². The van der Waals surface area contributed by atoms with Crippen molar-refractivity contribution in [2.24, 2.45) is 0 Å². The minimum Gasteiger partial charge on any atom is -0.494 e. The molecule has 2 rings (SSSR count). The van der Waals surface area contributed by atoms with Crippen LogP contribution in [0.2, 0.25) is 0 Å². The molecule has 0 saturated carbocycles. The monoisotopic (exact) mass is 275 g/mol. The summed E-state index contributed by atoms with van der Waals surface area (Å²) in [5.74, 6) is 1.33. The fraction of sp³-hybridized carbons (Fsp3) is 0.286. The first-order chi connectivity index (χ1) is 9.01. The Hall–Kier alpha value is -1.88. The SMILES string of the molecule is CCOc1cc(C)c(-c2cc(N)nc(=S)[nH]2)cc1C. The molecule has 0 saturated heterocycles. The second-order valence-corrected chi connectivity index (χ2v) is 4.78. The maximum absolute atomic E-state index is 5.74. The van der Waals surface area contributed by atoms with Crippen LogP contribution in [0.25, 0.3) is 11.3 Å². The lowest BCUT2D eigenvalue weighted by molar-refractivity contribution is 0.337. The van der Waals surface area contributed by atoms with Gasteiger partial charge in [-0.1, -0.05) is 0 Å². The Morgan fingerprint density at radius 1 is 1.26 bits per heavy atom. The number of H-pyrrole nitrogens is 1. The highest BCUT2D eigenvalue weighted by Crippen LogP contribution is 2.29. The van der Waals surface area contributed by atoms with Crippen molar-refractivity contribution in [3.63, 3.8) is 0 Å². The summed E-state index contributed by atoms with van der Waals surface area (Å²) in [6, 6.07) is 5.89. The zero-order chi connectivity index (χ0) is 14.0. The topological polar surface area (TPSA) is 63.9 Å². The van der Waals surface area contributed by atoms with E-state index in [4.69, 9.17) is 22.7 Å². The fourth-order valence-electron chi connectivity index (χ4n) is 2.01. The van der Waals surface area contributed by atoms with Crippen LogP contribution in [0.15, 0.2) is 18.2 Å². The molecule has 0 bridgehead atoms. The van der Waals surface area contributed by atoms with E-state index in [2.05, 4.69) is 16.0 Å². The van der Waals surface area contributed by atoms with E-state index in [0.717, 1.165) is 28.1 Å². The fourth-order valence-corrected chi connectivity index (χ4v) is 2.23. The van der Waals surface area contributed by atoms with Crippen LogP contribution in [-0.4, -0.2) is 16.6 Å². The first kappa shape index (κ1) is 13.5. The standard InChI is InChI=1S/C14H17N3OS/c1-4-18-12-6-8(2)10(5-9(12)3)11-7-13(15)17-14(19)16-11/h5-7H,4H2,1-3H3,(H3,15,16,17,19). The molecule has 0 unspecified atom stereocenters. The van der Waals surface area contributed by atoms with E-state index in [0.29, 0.717) is 17.2 Å². The van der Waals surface area contributed by atoms with Crippen molar-refractivity contribution in [1.82, 2.24) is 9.97 Å². The Bertz CT molecular complexity index is 664. The van der Waals surface area contributed by atoms with Gasteiger partial charge in [0.1, 0.15) is 11.6 Å². The Morgan fingerprint density at radius 3 is 2.63 bits per heavy atom. The number of ether oxygens (including phenoxy) is 1. The summed E-state index contributed by atoms with van der Waals surface area (Å²) >= 11 is 5.06. The van der Waals surface area contributed by atoms with Gasteiger partial charge in [0.25, 0.3) is 0 Å². The molecule has 100 valence electrons. The molecule has 0 aliphatic rings. The van der Waals surface area contributed by atoms with Gasteiger partial charge in [-0.2, -0.15) is 0 Å². The summed E-state index contributed by atoms with van der Waals surface area (Å²) in [7, 11) is 0. The van der Waals surface area contributed by atoms with Crippen LogP contribution < -0.4 is 10.5 Å². The third kappa shape index (κ3) is 2.93. The van der Waals surface area contributed by atoms with Crippen molar-refractivity contribution >= 4 is 18.0 Å². The quantitative estimate of drug-likeness (QED) is 0.843. The molecule has 0 aliphatic carbocycles. The number of aromatic amines is 1. The molecule has 1 aromatic heterocycles. The number of hydrogen-bond donors (Lipinski definition) is 2. The van der Waals surface area contributed by atoms with Gasteiger partial charge in [-0.05, 0) is 56.2 Å². The zero-order valence-electron chi connectivity index (χ0n) is 11.3. The van der Waals surface area contributed by atoms with Crippen LogP contribution in [0.4, 0.5) is 5.82 Å². The number of benzene rings is 1. The van der Waals surface area contributed by atoms with E-state index in [1.54, 1.807) is 6.07 Å². The van der Waals surface area contributed by atoms with E-state index in [9.17, 15) is 0 Å². The summed E-state index contributed by atoms with van der Waals surface area (Å²) in [6.45, 7) is 6.69. The largest absolute Gasteiger partial charge is 0.494 e. The number of anilines is 1. The number of hydrogen-bond acceptors (Lipinski definition) is 4. The highest BCUT2D eigenvalue weighted by Gasteiger charge is 2.08. The molecular formula is C14H17N3OS. The molecule has 3 N–H and O–H groups in total. The highest BCUT2D eigenvalue weighted by molar-refractivity contribution is 7.71. The van der Waals surface area contributed by atoms with Crippen molar-refractivity contribution in [2.45, 2.75) is 20.8 Å². The van der Waals surface area contributed by atoms with Crippen molar-refractivity contribution < 1.29 is 4.74 Å². The number of rotatable bonds is 3. The second kappa shape index (κ2) is 5.40. The van der Waals surface area contributed by atoms with E-state index in [1.807, 2.05) is 26.8 Å². The maximum atomic E-state index is 5.74. The van der Waals surface area contributed by atoms with Gasteiger partial charge >= 0.3 is 0 Å². The number of nitrogens with zero attached hydrogens (tertiary/aromatic N) is 1. The summed E-state index contributed by atoms with van der Waals surface area (Å²) in [6.07, 6.45) is 0. The molecule has 0 atom stereocenters. The third-order valence-corrected chi connectivity index (χ3v) is 3.07. The molecule has 0 radical (unpaired) electrons. The second-order valence-electron chi connectivity index (χ2n) is 4.39. The van der Waals surface area contributed by atoms with Gasteiger partial charge < -0.3 is 15.5 Å². The minimum absolute atomic E-state index is 0.390. The normalized spacial score (nSPS) is 10.5. The average molecular weight is 275 g/mol. The number of nitrogen functional groups attached to an aromatic ring is 1. The van der Waals surface area contributed by atoms with Crippen molar-refractivity contribution in [3.05, 3.63) is 34.1 Å². The van der Waals surface area contributed by atoms with Gasteiger partial charge in [-0.15, -0.1) is 0 Å². The van der Waals surface area contributed by atoms with Gasteiger partial charge in [0.2, 0.25) is 0 Å². The first-order valence-corrected chi connectivity index (χ1v) is 6.53. The number of nitrogens with one attached hydrogen (secondary N) is 1. The van der Waals surface area contributed by atoms with Crippen LogP contribution >= 0.6 is 12.2 Å². The summed E-state index contributed by atoms with van der Waals surface area (Å²) in [5, 5.41) is 0. The van der Waals surface area contributed by atoms with E-state index >= 15 is 0 Å². The predicted molar refractivity (Wildman–Crippen MR) is 79.9 cm³/mol. The van der Waals surface area contributed by atoms with Gasteiger partial charge in [-0.3, -0.25) is 0 Å². The smallest absolute Gasteiger partial charge is 0.199 e. The molecule has 2 aromatic rings. The van der Waals surface area contributed by atoms with Gasteiger partial charge in [0.05, 0.1) is 12.3 Å². The van der Waals surface area contributed by atoms with Crippen molar-refractivity contribution in [2.75, 3.05) is 12.3 Å². The van der Waals surface area contributed by atoms with Gasteiger partial charge in [0.15, 0.2) is 4.77 Å². The lowest BCUT2D eigenvalue weighted by Crippen LogP contribution is -1.98. The van der Waals surface area contributed by atoms with Crippen molar-refractivity contribution in [1.29, 1.82) is 0 Å². The lowest BCUT2D eigenvalue weighted by Gasteiger charge is -2.13. The summed E-state index contributed by atoms with van der Waals surface area (Å²) < 4.78 is 5.98. The molecule has 0 amide bonds. The Labute approximate surface area is 117 Å². The molecule has 5 heteroatoms. The van der Waals surface area contributed by atoms with E-state index < -0.39 is 0 Å². The molecule has 0 aliphatic heterocycles. The third-order valence-electron chi connectivity index (χ3n) is 2.88. The van der Waals surface area contributed by atoms with Crippen LogP contribution in [0, 0.1) is 18.6 Å². The van der Waals surface area contributed by atoms with E-state index in [-0.39, 0.29) is 0 Å². The number of aryl methyl sites for hydroxylation is 2. The number of aromatic nitrogens is 2. The zero-order valence-corrected chi connectivity index (χ0v) is 12.1. The maximum Gasteiger partial charge on any atom is 0.199 e. The van der Waals surface area contributed by atoms with Crippen molar-refractivity contribution in [3.8, 4) is 17.0 Å². The highest BCUT2D eigenvalue weighted by atomic mass is 32.1. The summed E-state index contributed by atoms with van der Waals surface area (Å²) in [5.41, 5.74) is 9.86. The molecule has 0 fully saturated rings. The predicted octanol–water partition coefficient (Wildman–Crippen LogP) is 3.40. The molecule has 0 spiro atoms. The molecule has 19 heavy (non-hydrogen) atoms. The van der Waals surface area contributed by atoms with Crippen LogP contribution in [0.5, 0.6) is 5.75 Å². The molecular weight excluding hydrogens is 258 g/mol. The van der Waals surface area contributed by atoms with Gasteiger partial charge in [0, 0.05) is 11.6 Å². The van der Waals surface area contributed by atoms with Crippen LogP contribution in [0.1, 0.15) is 18.1 Å². The molecule has 1 aromatic carbocycles. The molecule has 1 heterocycles. The van der Waals surface area contributed by atoms with Gasteiger partial charge in [-0.25, -0.2) is 4.98 Å². The van der Waals surface area contributed by atoms with Crippen LogP contribution in [0.3, 0.4) is 0 Å². The lowest BCUT2D eigenvalue weighted by atomic mass is 10.0. The Balaban J connectivity index is 2.56. The minimum atomic E-state index is 0.390.